The lowest BCUT2D eigenvalue weighted by molar-refractivity contribution is -0.140. The minimum absolute atomic E-state index is 0.000310. The Hall–Kier alpha value is -3.58. The number of aromatic hydroxyl groups is 1. The van der Waals surface area contributed by atoms with Crippen LogP contribution >= 0.6 is 23.2 Å². The van der Waals surface area contributed by atoms with E-state index in [0.29, 0.717) is 19.4 Å². The Kier molecular flexibility index (Phi) is 8.21. The average molecular weight is 584 g/mol. The van der Waals surface area contributed by atoms with Crippen molar-refractivity contribution in [1.82, 2.24) is 14.6 Å². The molecule has 0 saturated heterocycles. The first kappa shape index (κ1) is 28.4. The highest BCUT2D eigenvalue weighted by molar-refractivity contribution is 6.42. The minimum atomic E-state index is -4.93. The van der Waals surface area contributed by atoms with Crippen LogP contribution in [0.25, 0.3) is 28.0 Å². The number of ether oxygens (including phenoxy) is 1. The Morgan fingerprint density at radius 1 is 1.13 bits per heavy atom. The number of aromatic amines is 1. The van der Waals surface area contributed by atoms with Gasteiger partial charge in [0.1, 0.15) is 23.2 Å². The number of nitrogens with two attached hydrogens (primary N) is 2. The molecule has 0 amide bonds. The van der Waals surface area contributed by atoms with Gasteiger partial charge in [-0.05, 0) is 49.2 Å². The molecule has 2 aromatic heterocycles. The van der Waals surface area contributed by atoms with Crippen LogP contribution in [-0.4, -0.2) is 38.3 Å². The molecule has 6 N–H and O–H groups in total. The number of carbonyl (C=O) groups is 1. The van der Waals surface area contributed by atoms with E-state index in [1.54, 1.807) is 0 Å². The molecule has 0 saturated carbocycles. The van der Waals surface area contributed by atoms with Gasteiger partial charge in [0.25, 0.3) is 5.56 Å². The normalized spacial score (nSPS) is 12.6. The first-order chi connectivity index (χ1) is 18.4. The topological polar surface area (TPSA) is 149 Å². The number of hydrogen-bond acceptors (Lipinski definition) is 7. The van der Waals surface area contributed by atoms with Gasteiger partial charge in [-0.2, -0.15) is 18.3 Å². The zero-order chi connectivity index (χ0) is 28.5. The highest BCUT2D eigenvalue weighted by Gasteiger charge is 2.39. The van der Waals surface area contributed by atoms with E-state index in [4.69, 9.17) is 39.4 Å². The Morgan fingerprint density at radius 2 is 1.87 bits per heavy atom. The summed E-state index contributed by atoms with van der Waals surface area (Å²) >= 11 is 12.0. The molecule has 206 valence electrons. The van der Waals surface area contributed by atoms with Gasteiger partial charge in [0.2, 0.25) is 0 Å². The maximum atomic E-state index is 14.2. The van der Waals surface area contributed by atoms with Crippen molar-refractivity contribution in [3.8, 4) is 33.9 Å². The number of phenolic OH excluding ortho intramolecular Hbond substituents is 1. The second-order valence-corrected chi connectivity index (χ2v) is 9.44. The molecule has 1 unspecified atom stereocenters. The van der Waals surface area contributed by atoms with Gasteiger partial charge in [-0.1, -0.05) is 35.7 Å². The summed E-state index contributed by atoms with van der Waals surface area (Å²) in [7, 11) is 0. The smallest absolute Gasteiger partial charge is 0.435 e. The van der Waals surface area contributed by atoms with E-state index in [1.807, 2.05) is 0 Å². The fourth-order valence-corrected chi connectivity index (χ4v) is 4.28. The standard InChI is InChI=1S/C25H22Cl2F3N5O4/c26-15-7-4-12(9-16(15)27)21-22(25(28,29)30)34-35-18(11-20(37)33-23(21)35)14-6-5-13(36)10-19(14)39-24(38)17(32)3-1-2-8-31/h4-7,9-11,17,36H,1-3,8,31-32H2,(H,33,37). The van der Waals surface area contributed by atoms with Crippen LogP contribution in [0.15, 0.2) is 47.3 Å². The van der Waals surface area contributed by atoms with Crippen molar-refractivity contribution in [3.63, 3.8) is 0 Å². The predicted molar refractivity (Wildman–Crippen MR) is 140 cm³/mol. The number of hydrogen-bond donors (Lipinski definition) is 4. The maximum Gasteiger partial charge on any atom is 0.435 e. The molecule has 2 aromatic carbocycles. The van der Waals surface area contributed by atoms with Crippen LogP contribution in [0.1, 0.15) is 25.0 Å². The number of esters is 1. The van der Waals surface area contributed by atoms with Crippen LogP contribution in [0.4, 0.5) is 13.2 Å². The van der Waals surface area contributed by atoms with Gasteiger partial charge in [0.15, 0.2) is 5.69 Å². The molecule has 4 aromatic rings. The highest BCUT2D eigenvalue weighted by atomic mass is 35.5. The summed E-state index contributed by atoms with van der Waals surface area (Å²) in [5, 5.41) is 13.9. The van der Waals surface area contributed by atoms with Crippen molar-refractivity contribution in [3.05, 3.63) is 68.6 Å². The molecule has 4 rings (SSSR count). The van der Waals surface area contributed by atoms with Crippen molar-refractivity contribution in [2.75, 3.05) is 6.54 Å². The first-order valence-corrected chi connectivity index (χ1v) is 12.4. The molecule has 0 fully saturated rings. The molecule has 9 nitrogen and oxygen atoms in total. The molecular formula is C25H22Cl2F3N5O4. The molecule has 0 aliphatic carbocycles. The van der Waals surface area contributed by atoms with Gasteiger partial charge < -0.3 is 26.3 Å². The van der Waals surface area contributed by atoms with Crippen molar-refractivity contribution in [2.45, 2.75) is 31.5 Å². The van der Waals surface area contributed by atoms with Gasteiger partial charge >= 0.3 is 12.1 Å². The van der Waals surface area contributed by atoms with Crippen molar-refractivity contribution >= 4 is 34.8 Å². The molecule has 39 heavy (non-hydrogen) atoms. The molecule has 1 atom stereocenters. The van der Waals surface area contributed by atoms with E-state index < -0.39 is 35.0 Å². The highest BCUT2D eigenvalue weighted by Crippen LogP contribution is 2.41. The van der Waals surface area contributed by atoms with Crippen LogP contribution in [-0.2, 0) is 11.0 Å². The van der Waals surface area contributed by atoms with E-state index in [0.717, 1.165) is 16.6 Å². The third-order valence-electron chi connectivity index (χ3n) is 5.82. The van der Waals surface area contributed by atoms with Crippen molar-refractivity contribution in [2.24, 2.45) is 11.5 Å². The van der Waals surface area contributed by atoms with Crippen molar-refractivity contribution < 1.29 is 27.8 Å². The molecule has 0 aliphatic rings. The lowest BCUT2D eigenvalue weighted by atomic mass is 10.1. The van der Waals surface area contributed by atoms with Crippen LogP contribution in [0.3, 0.4) is 0 Å². The minimum Gasteiger partial charge on any atom is -0.508 e. The van der Waals surface area contributed by atoms with Crippen LogP contribution in [0.5, 0.6) is 11.5 Å². The molecule has 0 radical (unpaired) electrons. The van der Waals surface area contributed by atoms with Crippen LogP contribution in [0, 0.1) is 0 Å². The third-order valence-corrected chi connectivity index (χ3v) is 6.56. The third kappa shape index (κ3) is 6.04. The lowest BCUT2D eigenvalue weighted by Crippen LogP contribution is -2.34. The largest absolute Gasteiger partial charge is 0.508 e. The summed E-state index contributed by atoms with van der Waals surface area (Å²) in [4.78, 5) is 27.7. The fraction of sp³-hybridized carbons (Fsp3) is 0.240. The van der Waals surface area contributed by atoms with Crippen molar-refractivity contribution in [1.29, 1.82) is 0 Å². The predicted octanol–water partition coefficient (Wildman–Crippen LogP) is 4.75. The number of benzene rings is 2. The quantitative estimate of drug-likeness (QED) is 0.133. The van der Waals surface area contributed by atoms with Crippen LogP contribution in [0.2, 0.25) is 10.0 Å². The van der Waals surface area contributed by atoms with Gasteiger partial charge in [-0.15, -0.1) is 0 Å². The number of H-pyrrole nitrogens is 1. The zero-order valence-electron chi connectivity index (χ0n) is 20.1. The van der Waals surface area contributed by atoms with E-state index in [2.05, 4.69) is 10.1 Å². The first-order valence-electron chi connectivity index (χ1n) is 11.6. The maximum absolute atomic E-state index is 14.2. The Labute approximate surface area is 229 Å². The molecule has 0 bridgehead atoms. The second-order valence-electron chi connectivity index (χ2n) is 8.62. The summed E-state index contributed by atoms with van der Waals surface area (Å²) in [6, 6.07) is 7.40. The Bertz CT molecular complexity index is 1600. The average Bonchev–Trinajstić information content (AvgIpc) is 3.25. The van der Waals surface area contributed by atoms with E-state index in [1.165, 1.54) is 30.3 Å². The molecular weight excluding hydrogens is 562 g/mol. The number of phenols is 1. The number of nitrogens with one attached hydrogen (secondary N) is 1. The van der Waals surface area contributed by atoms with E-state index in [9.17, 15) is 27.9 Å². The Balaban J connectivity index is 1.91. The van der Waals surface area contributed by atoms with Gasteiger partial charge in [-0.25, -0.2) is 9.31 Å². The summed E-state index contributed by atoms with van der Waals surface area (Å²) < 4.78 is 48.8. The van der Waals surface area contributed by atoms with Crippen LogP contribution < -0.4 is 21.8 Å². The monoisotopic (exact) mass is 583 g/mol. The summed E-state index contributed by atoms with van der Waals surface area (Å²) in [6.45, 7) is 0.422. The number of rotatable bonds is 8. The molecule has 0 spiro atoms. The fourth-order valence-electron chi connectivity index (χ4n) is 3.98. The summed E-state index contributed by atoms with van der Waals surface area (Å²) in [6.07, 6.45) is -3.44. The lowest BCUT2D eigenvalue weighted by Gasteiger charge is -2.15. The number of unbranched alkanes of at least 4 members (excludes halogenated alkanes) is 1. The zero-order valence-corrected chi connectivity index (χ0v) is 21.6. The Morgan fingerprint density at radius 3 is 2.54 bits per heavy atom. The number of alkyl halides is 3. The molecule has 0 aliphatic heterocycles. The number of aromatic nitrogens is 3. The molecule has 2 heterocycles. The number of carbonyl (C=O) groups excluding carboxylic acids is 1. The summed E-state index contributed by atoms with van der Waals surface area (Å²) in [5.41, 5.74) is 8.41. The van der Waals surface area contributed by atoms with Gasteiger partial charge in [0.05, 0.1) is 21.3 Å². The second kappa shape index (κ2) is 11.3. The number of halogens is 5. The number of fused-ring (bicyclic) bond motifs is 1. The van der Waals surface area contributed by atoms with E-state index >= 15 is 0 Å². The molecule has 14 heteroatoms. The van der Waals surface area contributed by atoms with E-state index in [-0.39, 0.29) is 50.4 Å². The van der Waals surface area contributed by atoms with Gasteiger partial charge in [-0.3, -0.25) is 4.79 Å². The summed E-state index contributed by atoms with van der Waals surface area (Å²) in [5.74, 6) is -1.37. The SMILES string of the molecule is NCCCCC(N)C(=O)Oc1cc(O)ccc1-c1cc(=O)[nH]c2c(-c3ccc(Cl)c(Cl)c3)c(C(F)(F)F)nn12. The number of nitrogens with zero attached hydrogens (tertiary/aromatic N) is 2. The van der Waals surface area contributed by atoms with Gasteiger partial charge in [0, 0.05) is 17.7 Å².